The van der Waals surface area contributed by atoms with E-state index in [1.165, 1.54) is 6.20 Å². The summed E-state index contributed by atoms with van der Waals surface area (Å²) < 4.78 is 5.35. The molecule has 2 aromatic carbocycles. The molecule has 10 heteroatoms. The molecule has 180 valence electrons. The largest absolute Gasteiger partial charge is 0.365 e. The Morgan fingerprint density at radius 3 is 2.61 bits per heavy atom. The van der Waals surface area contributed by atoms with Gasteiger partial charge in [0.05, 0.1) is 23.1 Å². The number of fused-ring (bicyclic) bond motifs is 1. The Kier molecular flexibility index (Phi) is 6.54. The number of nitrogens with zero attached hydrogens (tertiary/aromatic N) is 4. The summed E-state index contributed by atoms with van der Waals surface area (Å²) in [5.41, 5.74) is 4.67. The molecule has 3 aromatic heterocycles. The highest BCUT2D eigenvalue weighted by molar-refractivity contribution is 6.30. The highest BCUT2D eigenvalue weighted by Crippen LogP contribution is 2.31. The van der Waals surface area contributed by atoms with Crippen molar-refractivity contribution in [2.75, 3.05) is 10.6 Å². The number of hydrogen-bond acceptors (Lipinski definition) is 7. The fourth-order valence-corrected chi connectivity index (χ4v) is 4.21. The lowest BCUT2D eigenvalue weighted by molar-refractivity contribution is 0.101. The molecule has 0 radical (unpaired) electrons. The van der Waals surface area contributed by atoms with Crippen LogP contribution < -0.4 is 10.6 Å². The van der Waals surface area contributed by atoms with Crippen LogP contribution in [-0.4, -0.2) is 26.0 Å². The highest BCUT2D eigenvalue weighted by atomic mass is 35.5. The Labute approximate surface area is 216 Å². The minimum atomic E-state index is -0.471. The number of anilines is 2. The van der Waals surface area contributed by atoms with Crippen molar-refractivity contribution >= 4 is 51.5 Å². The maximum Gasteiger partial charge on any atom is 0.293 e. The molecule has 0 aliphatic heterocycles. The summed E-state index contributed by atoms with van der Waals surface area (Å²) >= 11 is 12.0. The molecule has 0 unspecified atom stereocenters. The molecule has 8 nitrogen and oxygen atoms in total. The van der Waals surface area contributed by atoms with Gasteiger partial charge >= 0.3 is 0 Å². The van der Waals surface area contributed by atoms with Crippen molar-refractivity contribution in [3.8, 4) is 11.1 Å². The van der Waals surface area contributed by atoms with Gasteiger partial charge in [0.15, 0.2) is 0 Å². The number of benzene rings is 2. The SMILES string of the molecule is Cc1noc(C)c1-c1ccc2nc(C(=O)Nc3ccc(Cl)nc3)nc(NCc3cccc(Cl)c3)c2c1. The van der Waals surface area contributed by atoms with Crippen LogP contribution in [0, 0.1) is 13.8 Å². The van der Waals surface area contributed by atoms with Crippen LogP contribution in [-0.2, 0) is 6.54 Å². The third-order valence-corrected chi connectivity index (χ3v) is 6.01. The molecular formula is C26H20Cl2N6O2. The fourth-order valence-electron chi connectivity index (χ4n) is 3.88. The topological polar surface area (TPSA) is 106 Å². The summed E-state index contributed by atoms with van der Waals surface area (Å²) in [7, 11) is 0. The molecule has 0 spiro atoms. The van der Waals surface area contributed by atoms with Crippen molar-refractivity contribution in [1.82, 2.24) is 20.1 Å². The number of aromatic nitrogens is 4. The lowest BCUT2D eigenvalue weighted by Crippen LogP contribution is -2.17. The third-order valence-electron chi connectivity index (χ3n) is 5.56. The highest BCUT2D eigenvalue weighted by Gasteiger charge is 2.18. The van der Waals surface area contributed by atoms with E-state index in [9.17, 15) is 4.79 Å². The molecule has 0 aliphatic rings. The number of rotatable bonds is 6. The van der Waals surface area contributed by atoms with Crippen LogP contribution in [0.2, 0.25) is 10.2 Å². The molecule has 3 heterocycles. The van der Waals surface area contributed by atoms with Crippen LogP contribution in [0.25, 0.3) is 22.0 Å². The predicted molar refractivity (Wildman–Crippen MR) is 140 cm³/mol. The smallest absolute Gasteiger partial charge is 0.293 e. The zero-order valence-corrected chi connectivity index (χ0v) is 20.9. The molecule has 5 rings (SSSR count). The minimum Gasteiger partial charge on any atom is -0.365 e. The van der Waals surface area contributed by atoms with Crippen molar-refractivity contribution in [1.29, 1.82) is 0 Å². The zero-order chi connectivity index (χ0) is 25.2. The minimum absolute atomic E-state index is 0.0103. The molecule has 5 aromatic rings. The van der Waals surface area contributed by atoms with Crippen LogP contribution in [0.5, 0.6) is 0 Å². The number of hydrogen-bond donors (Lipinski definition) is 2. The number of carbonyl (C=O) groups is 1. The normalized spacial score (nSPS) is 11.0. The van der Waals surface area contributed by atoms with Gasteiger partial charge in [-0.2, -0.15) is 0 Å². The van der Waals surface area contributed by atoms with Gasteiger partial charge in [-0.25, -0.2) is 15.0 Å². The number of amides is 1. The Morgan fingerprint density at radius 2 is 1.89 bits per heavy atom. The number of nitrogens with one attached hydrogen (secondary N) is 2. The first-order valence-corrected chi connectivity index (χ1v) is 11.8. The van der Waals surface area contributed by atoms with Crippen LogP contribution >= 0.6 is 23.2 Å². The molecule has 0 saturated carbocycles. The van der Waals surface area contributed by atoms with Crippen molar-refractivity contribution in [2.45, 2.75) is 20.4 Å². The molecule has 1 amide bonds. The van der Waals surface area contributed by atoms with Gasteiger partial charge in [-0.05, 0) is 61.4 Å². The molecular weight excluding hydrogens is 499 g/mol. The van der Waals surface area contributed by atoms with E-state index in [-0.39, 0.29) is 5.82 Å². The summed E-state index contributed by atoms with van der Waals surface area (Å²) in [5.74, 6) is 0.763. The van der Waals surface area contributed by atoms with E-state index in [4.69, 9.17) is 27.7 Å². The van der Waals surface area contributed by atoms with E-state index < -0.39 is 5.91 Å². The summed E-state index contributed by atoms with van der Waals surface area (Å²) in [6.45, 7) is 4.21. The van der Waals surface area contributed by atoms with Crippen LogP contribution in [0.3, 0.4) is 0 Å². The Balaban J connectivity index is 1.55. The first-order valence-electron chi connectivity index (χ1n) is 11.0. The second kappa shape index (κ2) is 9.93. The Bertz CT molecular complexity index is 1560. The second-order valence-electron chi connectivity index (χ2n) is 8.13. The average Bonchev–Trinajstić information content (AvgIpc) is 3.21. The van der Waals surface area contributed by atoms with E-state index >= 15 is 0 Å². The lowest BCUT2D eigenvalue weighted by atomic mass is 10.0. The van der Waals surface area contributed by atoms with E-state index in [1.807, 2.05) is 56.3 Å². The monoisotopic (exact) mass is 518 g/mol. The molecule has 0 atom stereocenters. The van der Waals surface area contributed by atoms with Gasteiger partial charge in [0.1, 0.15) is 16.7 Å². The van der Waals surface area contributed by atoms with Gasteiger partial charge in [0, 0.05) is 22.5 Å². The average molecular weight is 519 g/mol. The number of pyridine rings is 1. The van der Waals surface area contributed by atoms with E-state index in [2.05, 4.69) is 30.7 Å². The standard InChI is InChI=1S/C26H20Cl2N6O2/c1-14-23(15(2)36-34-14)17-6-8-21-20(11-17)24(30-12-16-4-3-5-18(27)10-16)33-25(32-21)26(35)31-19-7-9-22(28)29-13-19/h3-11,13H,12H2,1-2H3,(H,31,35)(H,30,32,33). The van der Waals surface area contributed by atoms with Crippen molar-refractivity contribution < 1.29 is 9.32 Å². The van der Waals surface area contributed by atoms with Crippen molar-refractivity contribution in [3.63, 3.8) is 0 Å². The van der Waals surface area contributed by atoms with E-state index in [1.54, 1.807) is 12.1 Å². The molecule has 2 N–H and O–H groups in total. The van der Waals surface area contributed by atoms with Crippen LogP contribution in [0.15, 0.2) is 65.3 Å². The third kappa shape index (κ3) is 5.00. The lowest BCUT2D eigenvalue weighted by Gasteiger charge is -2.13. The van der Waals surface area contributed by atoms with Gasteiger partial charge in [0.25, 0.3) is 5.91 Å². The second-order valence-corrected chi connectivity index (χ2v) is 8.96. The van der Waals surface area contributed by atoms with Gasteiger partial charge in [-0.1, -0.05) is 46.6 Å². The first-order chi connectivity index (χ1) is 17.4. The molecule has 0 saturated heterocycles. The summed E-state index contributed by atoms with van der Waals surface area (Å²) in [6.07, 6.45) is 1.47. The van der Waals surface area contributed by atoms with Gasteiger partial charge in [-0.15, -0.1) is 0 Å². The number of aryl methyl sites for hydroxylation is 2. The van der Waals surface area contributed by atoms with Gasteiger partial charge in [-0.3, -0.25) is 4.79 Å². The molecule has 36 heavy (non-hydrogen) atoms. The number of carbonyl (C=O) groups excluding carboxylic acids is 1. The first kappa shape index (κ1) is 23.7. The summed E-state index contributed by atoms with van der Waals surface area (Å²) in [4.78, 5) is 26.1. The van der Waals surface area contributed by atoms with E-state index in [0.717, 1.165) is 27.8 Å². The number of halogens is 2. The molecule has 0 aliphatic carbocycles. The predicted octanol–water partition coefficient (Wildman–Crippen LogP) is 6.47. The molecule has 0 fully saturated rings. The maximum atomic E-state index is 13.0. The van der Waals surface area contributed by atoms with E-state index in [0.29, 0.717) is 39.5 Å². The van der Waals surface area contributed by atoms with Crippen molar-refractivity contribution in [2.24, 2.45) is 0 Å². The summed E-state index contributed by atoms with van der Waals surface area (Å²) in [5, 5.41) is 11.9. The Morgan fingerprint density at radius 1 is 1.03 bits per heavy atom. The fraction of sp³-hybridized carbons (Fsp3) is 0.115. The Hall–Kier alpha value is -4.01. The quantitative estimate of drug-likeness (QED) is 0.248. The van der Waals surface area contributed by atoms with Crippen LogP contribution in [0.4, 0.5) is 11.5 Å². The van der Waals surface area contributed by atoms with Crippen LogP contribution in [0.1, 0.15) is 27.6 Å². The zero-order valence-electron chi connectivity index (χ0n) is 19.3. The molecule has 0 bridgehead atoms. The van der Waals surface area contributed by atoms with Gasteiger partial charge in [0.2, 0.25) is 5.82 Å². The van der Waals surface area contributed by atoms with Crippen molar-refractivity contribution in [3.05, 3.63) is 93.8 Å². The van der Waals surface area contributed by atoms with Gasteiger partial charge < -0.3 is 15.2 Å². The maximum absolute atomic E-state index is 13.0. The summed E-state index contributed by atoms with van der Waals surface area (Å²) in [6, 6.07) is 16.5.